The largest absolute Gasteiger partial charge is 0.480 e. The molecule has 0 radical (unpaired) electrons. The van der Waals surface area contributed by atoms with Gasteiger partial charge >= 0.3 is 5.97 Å². The van der Waals surface area contributed by atoms with Gasteiger partial charge in [0.2, 0.25) is 5.91 Å². The van der Waals surface area contributed by atoms with E-state index in [1.165, 1.54) is 4.68 Å². The highest BCUT2D eigenvalue weighted by Crippen LogP contribution is 2.25. The SMILES string of the molecule is COCCC(=O)N1CCCC(c2ccn(CC(=O)O)n2)C1. The Hall–Kier alpha value is -1.89. The molecular formula is C14H21N3O4. The molecule has 1 aromatic heterocycles. The monoisotopic (exact) mass is 295 g/mol. The number of carbonyl (C=O) groups excluding carboxylic acids is 1. The van der Waals surface area contributed by atoms with E-state index in [4.69, 9.17) is 9.84 Å². The maximum atomic E-state index is 12.0. The minimum absolute atomic E-state index is 0.103. The zero-order valence-corrected chi connectivity index (χ0v) is 12.2. The van der Waals surface area contributed by atoms with Crippen LogP contribution in [0.25, 0.3) is 0 Å². The predicted octanol–water partition coefficient (Wildman–Crippen LogP) is 0.710. The van der Waals surface area contributed by atoms with Gasteiger partial charge in [0.1, 0.15) is 6.54 Å². The van der Waals surface area contributed by atoms with Gasteiger partial charge in [0.05, 0.1) is 18.7 Å². The first-order valence-corrected chi connectivity index (χ1v) is 7.12. The predicted molar refractivity (Wildman–Crippen MR) is 74.9 cm³/mol. The van der Waals surface area contributed by atoms with Crippen molar-refractivity contribution in [2.45, 2.75) is 31.7 Å². The van der Waals surface area contributed by atoms with Gasteiger partial charge in [0.25, 0.3) is 0 Å². The van der Waals surface area contributed by atoms with Crippen LogP contribution >= 0.6 is 0 Å². The number of rotatable bonds is 6. The summed E-state index contributed by atoms with van der Waals surface area (Å²) < 4.78 is 6.36. The molecule has 116 valence electrons. The summed E-state index contributed by atoms with van der Waals surface area (Å²) in [5.41, 5.74) is 0.862. The first kappa shape index (κ1) is 15.5. The Morgan fingerprint density at radius 3 is 3.05 bits per heavy atom. The van der Waals surface area contributed by atoms with Gasteiger partial charge in [-0.3, -0.25) is 14.3 Å². The number of nitrogens with zero attached hydrogens (tertiary/aromatic N) is 3. The number of carboxylic acids is 1. The van der Waals surface area contributed by atoms with Crippen LogP contribution in [-0.2, 0) is 20.9 Å². The Morgan fingerprint density at radius 1 is 1.52 bits per heavy atom. The summed E-state index contributed by atoms with van der Waals surface area (Å²) in [7, 11) is 1.58. The number of amides is 1. The van der Waals surface area contributed by atoms with E-state index in [2.05, 4.69) is 5.10 Å². The number of likely N-dealkylation sites (tertiary alicyclic amines) is 1. The second kappa shape index (κ2) is 7.21. The van der Waals surface area contributed by atoms with Crippen LogP contribution in [0.1, 0.15) is 30.9 Å². The normalized spacial score (nSPS) is 18.7. The van der Waals surface area contributed by atoms with Gasteiger partial charge < -0.3 is 14.7 Å². The third kappa shape index (κ3) is 4.29. The Labute approximate surface area is 123 Å². The van der Waals surface area contributed by atoms with Crippen LogP contribution in [0.2, 0.25) is 0 Å². The lowest BCUT2D eigenvalue weighted by Crippen LogP contribution is -2.39. The van der Waals surface area contributed by atoms with E-state index in [-0.39, 0.29) is 18.4 Å². The lowest BCUT2D eigenvalue weighted by Gasteiger charge is -2.32. The number of methoxy groups -OCH3 is 1. The molecule has 1 N–H and O–H groups in total. The third-order valence-corrected chi connectivity index (χ3v) is 3.67. The van der Waals surface area contributed by atoms with Crippen molar-refractivity contribution in [1.82, 2.24) is 14.7 Å². The molecule has 2 rings (SSSR count). The van der Waals surface area contributed by atoms with Crippen molar-refractivity contribution in [3.8, 4) is 0 Å². The fourth-order valence-corrected chi connectivity index (χ4v) is 2.61. The number of hydrogen-bond acceptors (Lipinski definition) is 4. The molecule has 0 bridgehead atoms. The summed E-state index contributed by atoms with van der Waals surface area (Å²) >= 11 is 0. The van der Waals surface area contributed by atoms with E-state index in [9.17, 15) is 9.59 Å². The molecule has 1 saturated heterocycles. The number of hydrogen-bond donors (Lipinski definition) is 1. The summed E-state index contributed by atoms with van der Waals surface area (Å²) in [4.78, 5) is 24.5. The van der Waals surface area contributed by atoms with Gasteiger partial charge in [-0.15, -0.1) is 0 Å². The molecule has 1 atom stereocenters. The molecule has 0 saturated carbocycles. The molecule has 1 amide bonds. The second-order valence-corrected chi connectivity index (χ2v) is 5.25. The summed E-state index contributed by atoms with van der Waals surface area (Å²) in [5.74, 6) is -0.628. The first-order valence-electron chi connectivity index (χ1n) is 7.12. The highest BCUT2D eigenvalue weighted by Gasteiger charge is 2.26. The van der Waals surface area contributed by atoms with E-state index < -0.39 is 5.97 Å². The summed E-state index contributed by atoms with van der Waals surface area (Å²) in [5, 5.41) is 13.1. The van der Waals surface area contributed by atoms with Gasteiger partial charge in [-0.05, 0) is 18.9 Å². The smallest absolute Gasteiger partial charge is 0.325 e. The summed E-state index contributed by atoms with van der Waals surface area (Å²) in [6.45, 7) is 1.72. The maximum Gasteiger partial charge on any atom is 0.325 e. The van der Waals surface area contributed by atoms with E-state index in [1.54, 1.807) is 13.3 Å². The number of carboxylic acid groups (broad SMARTS) is 1. The number of carbonyl (C=O) groups is 2. The van der Waals surface area contributed by atoms with Crippen LogP contribution in [0.4, 0.5) is 0 Å². The molecule has 1 aliphatic rings. The minimum Gasteiger partial charge on any atom is -0.480 e. The van der Waals surface area contributed by atoms with Crippen molar-refractivity contribution >= 4 is 11.9 Å². The zero-order valence-electron chi connectivity index (χ0n) is 12.2. The minimum atomic E-state index is -0.912. The molecule has 1 aliphatic heterocycles. The van der Waals surface area contributed by atoms with Gasteiger partial charge in [-0.1, -0.05) is 0 Å². The van der Waals surface area contributed by atoms with Gasteiger partial charge in [-0.25, -0.2) is 0 Å². The molecule has 1 aromatic rings. The highest BCUT2D eigenvalue weighted by atomic mass is 16.5. The van der Waals surface area contributed by atoms with Crippen molar-refractivity contribution in [2.75, 3.05) is 26.8 Å². The van der Waals surface area contributed by atoms with E-state index in [0.717, 1.165) is 25.1 Å². The van der Waals surface area contributed by atoms with Crippen LogP contribution in [0.15, 0.2) is 12.3 Å². The van der Waals surface area contributed by atoms with Crippen LogP contribution < -0.4 is 0 Å². The second-order valence-electron chi connectivity index (χ2n) is 5.25. The highest BCUT2D eigenvalue weighted by molar-refractivity contribution is 5.76. The molecule has 0 spiro atoms. The number of aromatic nitrogens is 2. The van der Waals surface area contributed by atoms with E-state index in [0.29, 0.717) is 19.6 Å². The summed E-state index contributed by atoms with van der Waals surface area (Å²) in [6, 6.07) is 1.84. The molecule has 2 heterocycles. The van der Waals surface area contributed by atoms with Crippen molar-refractivity contribution in [1.29, 1.82) is 0 Å². The van der Waals surface area contributed by atoms with Crippen molar-refractivity contribution in [3.63, 3.8) is 0 Å². The van der Waals surface area contributed by atoms with Crippen LogP contribution in [-0.4, -0.2) is 58.5 Å². The summed E-state index contributed by atoms with van der Waals surface area (Å²) in [6.07, 6.45) is 3.99. The Morgan fingerprint density at radius 2 is 2.33 bits per heavy atom. The Balaban J connectivity index is 1.95. The lowest BCUT2D eigenvalue weighted by molar-refractivity contribution is -0.138. The standard InChI is InChI=1S/C14H21N3O4/c1-21-8-5-13(18)16-6-2-3-11(9-16)12-4-7-17(15-12)10-14(19)20/h4,7,11H,2-3,5-6,8-10H2,1H3,(H,19,20). The topological polar surface area (TPSA) is 84.7 Å². The van der Waals surface area contributed by atoms with Crippen molar-refractivity contribution < 1.29 is 19.4 Å². The average Bonchev–Trinajstić information content (AvgIpc) is 2.92. The quantitative estimate of drug-likeness (QED) is 0.835. The lowest BCUT2D eigenvalue weighted by atomic mass is 9.95. The molecule has 0 aliphatic carbocycles. The molecule has 1 unspecified atom stereocenters. The number of ether oxygens (including phenoxy) is 1. The maximum absolute atomic E-state index is 12.0. The van der Waals surface area contributed by atoms with Crippen LogP contribution in [0.3, 0.4) is 0 Å². The molecule has 1 fully saturated rings. The molecule has 7 heteroatoms. The Kier molecular flexibility index (Phi) is 5.32. The average molecular weight is 295 g/mol. The number of piperidine rings is 1. The van der Waals surface area contributed by atoms with Crippen molar-refractivity contribution in [3.05, 3.63) is 18.0 Å². The fraction of sp³-hybridized carbons (Fsp3) is 0.643. The van der Waals surface area contributed by atoms with E-state index in [1.807, 2.05) is 11.0 Å². The molecule has 0 aromatic carbocycles. The fourth-order valence-electron chi connectivity index (χ4n) is 2.61. The molecule has 7 nitrogen and oxygen atoms in total. The number of aliphatic carboxylic acids is 1. The van der Waals surface area contributed by atoms with Crippen molar-refractivity contribution in [2.24, 2.45) is 0 Å². The van der Waals surface area contributed by atoms with Gasteiger partial charge in [-0.2, -0.15) is 5.10 Å². The van der Waals surface area contributed by atoms with Crippen LogP contribution in [0, 0.1) is 0 Å². The molecular weight excluding hydrogens is 274 g/mol. The van der Waals surface area contributed by atoms with E-state index >= 15 is 0 Å². The third-order valence-electron chi connectivity index (χ3n) is 3.67. The van der Waals surface area contributed by atoms with Gasteiger partial charge in [0, 0.05) is 32.3 Å². The van der Waals surface area contributed by atoms with Crippen LogP contribution in [0.5, 0.6) is 0 Å². The van der Waals surface area contributed by atoms with Gasteiger partial charge in [0.15, 0.2) is 0 Å². The zero-order chi connectivity index (χ0) is 15.2. The molecule has 21 heavy (non-hydrogen) atoms. The first-order chi connectivity index (χ1) is 10.1. The Bertz CT molecular complexity index is 500.